The van der Waals surface area contributed by atoms with Crippen LogP contribution in [0.15, 0.2) is 48.5 Å². The Bertz CT molecular complexity index is 842. The van der Waals surface area contributed by atoms with Gasteiger partial charge in [0.2, 0.25) is 0 Å². The van der Waals surface area contributed by atoms with Crippen molar-refractivity contribution in [2.45, 2.75) is 52.5 Å². The molecule has 2 aromatic carbocycles. The first-order chi connectivity index (χ1) is 13.9. The van der Waals surface area contributed by atoms with Crippen molar-refractivity contribution in [1.29, 1.82) is 0 Å². The molecule has 0 saturated carbocycles. The highest BCUT2D eigenvalue weighted by Gasteiger charge is 2.20. The van der Waals surface area contributed by atoms with E-state index in [4.69, 9.17) is 4.74 Å². The first kappa shape index (κ1) is 22.3. The molecule has 2 aromatic rings. The number of amides is 1. The number of carbonyl (C=O) groups excluding carboxylic acids is 3. The third-order valence-corrected chi connectivity index (χ3v) is 4.69. The SMILES string of the molecule is CCCCC[C@H](C)NC(=O)COC(=O)c1ccccc1C(=O)c1ccc(C)cc1. The zero-order valence-corrected chi connectivity index (χ0v) is 17.4. The molecule has 0 aliphatic carbocycles. The number of hydrogen-bond acceptors (Lipinski definition) is 4. The van der Waals surface area contributed by atoms with Crippen LogP contribution in [0.2, 0.25) is 0 Å². The van der Waals surface area contributed by atoms with E-state index in [2.05, 4.69) is 12.2 Å². The van der Waals surface area contributed by atoms with Crippen LogP contribution in [0.5, 0.6) is 0 Å². The fraction of sp³-hybridized carbons (Fsp3) is 0.375. The summed E-state index contributed by atoms with van der Waals surface area (Å²) in [6, 6.07) is 13.7. The fourth-order valence-electron chi connectivity index (χ4n) is 3.02. The van der Waals surface area contributed by atoms with Crippen molar-refractivity contribution < 1.29 is 19.1 Å². The number of hydrogen-bond donors (Lipinski definition) is 1. The van der Waals surface area contributed by atoms with E-state index in [1.807, 2.05) is 26.0 Å². The van der Waals surface area contributed by atoms with Crippen LogP contribution in [0.4, 0.5) is 0 Å². The molecule has 5 heteroatoms. The van der Waals surface area contributed by atoms with Crippen LogP contribution in [0.3, 0.4) is 0 Å². The minimum Gasteiger partial charge on any atom is -0.452 e. The largest absolute Gasteiger partial charge is 0.452 e. The second kappa shape index (κ2) is 11.1. The van der Waals surface area contributed by atoms with Gasteiger partial charge < -0.3 is 10.1 Å². The number of aryl methyl sites for hydroxylation is 1. The summed E-state index contributed by atoms with van der Waals surface area (Å²) in [7, 11) is 0. The molecular formula is C24H29NO4. The van der Waals surface area contributed by atoms with E-state index in [1.165, 1.54) is 6.07 Å². The van der Waals surface area contributed by atoms with E-state index in [0.717, 1.165) is 31.2 Å². The Morgan fingerprint density at radius 1 is 0.966 bits per heavy atom. The highest BCUT2D eigenvalue weighted by Crippen LogP contribution is 2.16. The molecule has 2 rings (SSSR count). The smallest absolute Gasteiger partial charge is 0.339 e. The Morgan fingerprint density at radius 2 is 1.62 bits per heavy atom. The minimum absolute atomic E-state index is 0.0307. The maximum absolute atomic E-state index is 12.8. The summed E-state index contributed by atoms with van der Waals surface area (Å²) in [5.41, 5.74) is 1.95. The molecule has 0 aliphatic heterocycles. The lowest BCUT2D eigenvalue weighted by Gasteiger charge is -2.14. The van der Waals surface area contributed by atoms with Crippen LogP contribution < -0.4 is 5.32 Å². The molecule has 5 nitrogen and oxygen atoms in total. The van der Waals surface area contributed by atoms with Crippen molar-refractivity contribution in [3.8, 4) is 0 Å². The van der Waals surface area contributed by atoms with Crippen molar-refractivity contribution in [3.63, 3.8) is 0 Å². The third-order valence-electron chi connectivity index (χ3n) is 4.69. The molecule has 0 unspecified atom stereocenters. The van der Waals surface area contributed by atoms with Crippen LogP contribution in [0, 0.1) is 6.92 Å². The summed E-state index contributed by atoms with van der Waals surface area (Å²) in [5.74, 6) is -1.29. The molecule has 0 fully saturated rings. The van der Waals surface area contributed by atoms with Gasteiger partial charge in [-0.15, -0.1) is 0 Å². The summed E-state index contributed by atoms with van der Waals surface area (Å²) in [6.07, 6.45) is 4.19. The Hall–Kier alpha value is -2.95. The lowest BCUT2D eigenvalue weighted by molar-refractivity contribution is -0.124. The molecule has 0 spiro atoms. The standard InChI is InChI=1S/C24H29NO4/c1-4-5-6-9-18(3)25-22(26)16-29-24(28)21-11-8-7-10-20(21)23(27)19-14-12-17(2)13-15-19/h7-8,10-15,18H,4-6,9,16H2,1-3H3,(H,25,26)/t18-/m0/s1. The highest BCUT2D eigenvalue weighted by molar-refractivity contribution is 6.14. The summed E-state index contributed by atoms with van der Waals surface area (Å²) in [4.78, 5) is 37.3. The zero-order chi connectivity index (χ0) is 21.2. The molecule has 1 amide bonds. The summed E-state index contributed by atoms with van der Waals surface area (Å²) >= 11 is 0. The van der Waals surface area contributed by atoms with E-state index >= 15 is 0 Å². The molecule has 29 heavy (non-hydrogen) atoms. The van der Waals surface area contributed by atoms with Crippen molar-refractivity contribution in [2.24, 2.45) is 0 Å². The number of unbranched alkanes of at least 4 members (excludes halogenated alkanes) is 2. The van der Waals surface area contributed by atoms with Crippen molar-refractivity contribution in [2.75, 3.05) is 6.61 Å². The normalized spacial score (nSPS) is 11.6. The monoisotopic (exact) mass is 395 g/mol. The average Bonchev–Trinajstić information content (AvgIpc) is 2.72. The van der Waals surface area contributed by atoms with Gasteiger partial charge in [-0.25, -0.2) is 4.79 Å². The van der Waals surface area contributed by atoms with Crippen molar-refractivity contribution in [3.05, 3.63) is 70.8 Å². The highest BCUT2D eigenvalue weighted by atomic mass is 16.5. The zero-order valence-electron chi connectivity index (χ0n) is 17.4. The average molecular weight is 395 g/mol. The lowest BCUT2D eigenvalue weighted by atomic mass is 9.98. The molecule has 0 radical (unpaired) electrons. The molecule has 0 aromatic heterocycles. The number of carbonyl (C=O) groups is 3. The molecule has 0 aliphatic rings. The lowest BCUT2D eigenvalue weighted by Crippen LogP contribution is -2.35. The van der Waals surface area contributed by atoms with Crippen LogP contribution in [-0.2, 0) is 9.53 Å². The van der Waals surface area contributed by atoms with Gasteiger partial charge in [-0.1, -0.05) is 74.2 Å². The maximum Gasteiger partial charge on any atom is 0.339 e. The van der Waals surface area contributed by atoms with E-state index in [-0.39, 0.29) is 35.5 Å². The van der Waals surface area contributed by atoms with Gasteiger partial charge in [0.15, 0.2) is 12.4 Å². The van der Waals surface area contributed by atoms with Gasteiger partial charge in [-0.05, 0) is 26.3 Å². The number of ether oxygens (including phenoxy) is 1. The number of benzene rings is 2. The second-order valence-electron chi connectivity index (χ2n) is 7.28. The van der Waals surface area contributed by atoms with E-state index in [9.17, 15) is 14.4 Å². The van der Waals surface area contributed by atoms with Crippen molar-refractivity contribution >= 4 is 17.7 Å². The third kappa shape index (κ3) is 6.86. The first-order valence-electron chi connectivity index (χ1n) is 10.1. The van der Waals surface area contributed by atoms with E-state index < -0.39 is 5.97 Å². The predicted molar refractivity (Wildman–Crippen MR) is 113 cm³/mol. The molecule has 1 N–H and O–H groups in total. The Labute approximate surface area is 172 Å². The molecule has 0 heterocycles. The second-order valence-corrected chi connectivity index (χ2v) is 7.28. The topological polar surface area (TPSA) is 72.5 Å². The maximum atomic E-state index is 12.8. The first-order valence-corrected chi connectivity index (χ1v) is 10.1. The molecular weight excluding hydrogens is 366 g/mol. The Morgan fingerprint density at radius 3 is 2.28 bits per heavy atom. The summed E-state index contributed by atoms with van der Waals surface area (Å²) in [5, 5.41) is 2.83. The van der Waals surface area contributed by atoms with Crippen LogP contribution in [0.1, 0.15) is 71.4 Å². The quantitative estimate of drug-likeness (QED) is 0.366. The van der Waals surface area contributed by atoms with Gasteiger partial charge in [-0.2, -0.15) is 0 Å². The van der Waals surface area contributed by atoms with Crippen LogP contribution >= 0.6 is 0 Å². The number of ketones is 1. The van der Waals surface area contributed by atoms with E-state index in [1.54, 1.807) is 30.3 Å². The Kier molecular flexibility index (Phi) is 8.59. The van der Waals surface area contributed by atoms with E-state index in [0.29, 0.717) is 5.56 Å². The molecule has 1 atom stereocenters. The van der Waals surface area contributed by atoms with Crippen molar-refractivity contribution in [1.82, 2.24) is 5.32 Å². The molecule has 0 saturated heterocycles. The molecule has 0 bridgehead atoms. The van der Waals surface area contributed by atoms with Crippen LogP contribution in [-0.4, -0.2) is 30.3 Å². The number of rotatable bonds is 10. The number of nitrogens with one attached hydrogen (secondary N) is 1. The van der Waals surface area contributed by atoms with Gasteiger partial charge >= 0.3 is 5.97 Å². The fourth-order valence-corrected chi connectivity index (χ4v) is 3.02. The van der Waals surface area contributed by atoms with Gasteiger partial charge in [0.25, 0.3) is 5.91 Å². The van der Waals surface area contributed by atoms with Gasteiger partial charge in [0.05, 0.1) is 5.56 Å². The summed E-state index contributed by atoms with van der Waals surface area (Å²) in [6.45, 7) is 5.63. The number of esters is 1. The van der Waals surface area contributed by atoms with Gasteiger partial charge in [0, 0.05) is 17.2 Å². The van der Waals surface area contributed by atoms with Gasteiger partial charge in [0.1, 0.15) is 0 Å². The molecule has 154 valence electrons. The predicted octanol–water partition coefficient (Wildman–Crippen LogP) is 4.47. The Balaban J connectivity index is 1.98. The van der Waals surface area contributed by atoms with Crippen LogP contribution in [0.25, 0.3) is 0 Å². The summed E-state index contributed by atoms with van der Waals surface area (Å²) < 4.78 is 5.16. The van der Waals surface area contributed by atoms with Gasteiger partial charge in [-0.3, -0.25) is 9.59 Å². The minimum atomic E-state index is -0.685.